The summed E-state index contributed by atoms with van der Waals surface area (Å²) in [4.78, 5) is 13.5. The van der Waals surface area contributed by atoms with Crippen molar-refractivity contribution in [3.63, 3.8) is 0 Å². The van der Waals surface area contributed by atoms with Gasteiger partial charge in [0.25, 0.3) is 15.0 Å². The van der Waals surface area contributed by atoms with Crippen molar-refractivity contribution in [1.29, 1.82) is 0 Å². The third kappa shape index (κ3) is 2.89. The van der Waals surface area contributed by atoms with Gasteiger partial charge in [-0.1, -0.05) is 0 Å². The summed E-state index contributed by atoms with van der Waals surface area (Å²) < 4.78 is 27.5. The second kappa shape index (κ2) is 5.22. The van der Waals surface area contributed by atoms with Crippen LogP contribution in [0, 0.1) is 0 Å². The molecule has 8 heteroatoms. The molecule has 1 aromatic rings. The summed E-state index contributed by atoms with van der Waals surface area (Å²) in [6.45, 7) is 1.33. The molecular weight excluding hydrogens is 346 g/mol. The summed E-state index contributed by atoms with van der Waals surface area (Å²) in [6.07, 6.45) is 3.01. The van der Waals surface area contributed by atoms with Gasteiger partial charge < -0.3 is 9.32 Å². The van der Waals surface area contributed by atoms with Crippen molar-refractivity contribution in [2.24, 2.45) is 0 Å². The van der Waals surface area contributed by atoms with Gasteiger partial charge in [0.05, 0.1) is 0 Å². The Bertz CT molecular complexity index is 562. The molecule has 0 aliphatic carbocycles. The second-order valence-electron chi connectivity index (χ2n) is 4.04. The van der Waals surface area contributed by atoms with E-state index in [2.05, 4.69) is 15.9 Å². The Morgan fingerprint density at radius 1 is 1.33 bits per heavy atom. The largest absolute Gasteiger partial charge is 0.443 e. The average molecular weight is 357 g/mol. The van der Waals surface area contributed by atoms with Crippen LogP contribution >= 0.6 is 26.6 Å². The summed E-state index contributed by atoms with van der Waals surface area (Å²) in [5, 5.41) is 0. The monoisotopic (exact) mass is 355 g/mol. The van der Waals surface area contributed by atoms with Crippen molar-refractivity contribution in [2.45, 2.75) is 24.2 Å². The third-order valence-electron chi connectivity index (χ3n) is 2.77. The van der Waals surface area contributed by atoms with E-state index in [9.17, 15) is 13.2 Å². The Morgan fingerprint density at radius 3 is 2.44 bits per heavy atom. The molecule has 1 saturated heterocycles. The van der Waals surface area contributed by atoms with E-state index in [1.807, 2.05) is 0 Å². The number of carbonyl (C=O) groups is 1. The van der Waals surface area contributed by atoms with Crippen LogP contribution in [0.25, 0.3) is 0 Å². The van der Waals surface area contributed by atoms with Gasteiger partial charge in [-0.05, 0) is 35.2 Å². The standard InChI is InChI=1S/C10H11BrClNO4S/c11-9-8(18(12,15)16)6-7(17-9)10(14)13-4-2-1-3-5-13/h6H,1-5H2. The lowest BCUT2D eigenvalue weighted by Crippen LogP contribution is -2.35. The number of rotatable bonds is 2. The molecule has 0 N–H and O–H groups in total. The molecule has 100 valence electrons. The number of hydrogen-bond donors (Lipinski definition) is 0. The summed E-state index contributed by atoms with van der Waals surface area (Å²) in [5.74, 6) is -0.315. The number of halogens is 2. The molecule has 0 unspecified atom stereocenters. The molecule has 2 heterocycles. The van der Waals surface area contributed by atoms with Crippen molar-refractivity contribution in [2.75, 3.05) is 13.1 Å². The second-order valence-corrected chi connectivity index (χ2v) is 7.29. The smallest absolute Gasteiger partial charge is 0.289 e. The van der Waals surface area contributed by atoms with Crippen molar-refractivity contribution in [1.82, 2.24) is 4.90 Å². The molecule has 1 aliphatic heterocycles. The molecule has 0 saturated carbocycles. The predicted octanol–water partition coefficient (Wildman–Crippen LogP) is 2.60. The molecule has 1 amide bonds. The highest BCUT2D eigenvalue weighted by Gasteiger charge is 2.26. The quantitative estimate of drug-likeness (QED) is 0.764. The van der Waals surface area contributed by atoms with E-state index >= 15 is 0 Å². The van der Waals surface area contributed by atoms with Crippen molar-refractivity contribution < 1.29 is 17.6 Å². The van der Waals surface area contributed by atoms with Crippen LogP contribution in [0.2, 0.25) is 0 Å². The number of carbonyl (C=O) groups excluding carboxylic acids is 1. The summed E-state index contributed by atoms with van der Waals surface area (Å²) in [7, 11) is 1.31. The van der Waals surface area contributed by atoms with E-state index < -0.39 is 9.05 Å². The molecule has 2 rings (SSSR count). The average Bonchev–Trinajstić information content (AvgIpc) is 2.71. The SMILES string of the molecule is O=C(c1cc(S(=O)(=O)Cl)c(Br)o1)N1CCCCC1. The highest BCUT2D eigenvalue weighted by Crippen LogP contribution is 2.29. The van der Waals surface area contributed by atoms with Gasteiger partial charge in [-0.3, -0.25) is 4.79 Å². The molecule has 5 nitrogen and oxygen atoms in total. The maximum absolute atomic E-state index is 12.1. The Morgan fingerprint density at radius 2 is 1.94 bits per heavy atom. The number of nitrogens with zero attached hydrogens (tertiary/aromatic N) is 1. The van der Waals surface area contributed by atoms with Gasteiger partial charge in [-0.15, -0.1) is 0 Å². The topological polar surface area (TPSA) is 67.6 Å². The van der Waals surface area contributed by atoms with E-state index in [1.54, 1.807) is 4.90 Å². The van der Waals surface area contributed by atoms with E-state index in [0.717, 1.165) is 25.3 Å². The fourth-order valence-electron chi connectivity index (χ4n) is 1.88. The zero-order chi connectivity index (χ0) is 13.3. The normalized spacial score (nSPS) is 16.9. The summed E-state index contributed by atoms with van der Waals surface area (Å²) in [5.41, 5.74) is 0. The van der Waals surface area contributed by atoms with Crippen LogP contribution in [0.5, 0.6) is 0 Å². The van der Waals surface area contributed by atoms with Crippen molar-refractivity contribution >= 4 is 41.6 Å². The molecule has 0 radical (unpaired) electrons. The number of furan rings is 1. The Balaban J connectivity index is 2.26. The Labute approximate surface area is 118 Å². The molecule has 18 heavy (non-hydrogen) atoms. The first kappa shape index (κ1) is 13.9. The van der Waals surface area contributed by atoms with E-state index in [0.29, 0.717) is 13.1 Å². The molecule has 0 atom stereocenters. The fourth-order valence-corrected chi connectivity index (χ4v) is 3.91. The van der Waals surface area contributed by atoms with Crippen LogP contribution < -0.4 is 0 Å². The number of piperidine rings is 1. The van der Waals surface area contributed by atoms with Gasteiger partial charge in [0.2, 0.25) is 0 Å². The predicted molar refractivity (Wildman–Crippen MR) is 69.2 cm³/mol. The van der Waals surface area contributed by atoms with Crippen LogP contribution in [0.3, 0.4) is 0 Å². The fraction of sp³-hybridized carbons (Fsp3) is 0.500. The minimum atomic E-state index is -3.92. The van der Waals surface area contributed by atoms with Gasteiger partial charge >= 0.3 is 0 Å². The number of hydrogen-bond acceptors (Lipinski definition) is 4. The Kier molecular flexibility index (Phi) is 4.03. The lowest BCUT2D eigenvalue weighted by Gasteiger charge is -2.25. The Hall–Kier alpha value is -0.530. The highest BCUT2D eigenvalue weighted by molar-refractivity contribution is 9.10. The summed E-state index contributed by atoms with van der Waals surface area (Å²) in [6, 6.07) is 1.16. The molecule has 1 fully saturated rings. The lowest BCUT2D eigenvalue weighted by atomic mass is 10.1. The third-order valence-corrected chi connectivity index (χ3v) is 4.95. The summed E-state index contributed by atoms with van der Waals surface area (Å²) >= 11 is 2.94. The molecule has 1 aromatic heterocycles. The van der Waals surface area contributed by atoms with Gasteiger partial charge in [0, 0.05) is 29.8 Å². The number of amides is 1. The first-order valence-electron chi connectivity index (χ1n) is 5.43. The maximum atomic E-state index is 12.1. The zero-order valence-corrected chi connectivity index (χ0v) is 12.5. The van der Waals surface area contributed by atoms with Gasteiger partial charge in [-0.25, -0.2) is 8.42 Å². The highest BCUT2D eigenvalue weighted by atomic mass is 79.9. The first-order valence-corrected chi connectivity index (χ1v) is 8.53. The lowest BCUT2D eigenvalue weighted by molar-refractivity contribution is 0.0690. The minimum absolute atomic E-state index is 0.0111. The van der Waals surface area contributed by atoms with Crippen LogP contribution in [-0.2, 0) is 9.05 Å². The first-order chi connectivity index (χ1) is 8.39. The van der Waals surface area contributed by atoms with Crippen LogP contribution in [0.4, 0.5) is 0 Å². The number of likely N-dealkylation sites (tertiary alicyclic amines) is 1. The molecular formula is C10H11BrClNO4S. The van der Waals surface area contributed by atoms with Crippen molar-refractivity contribution in [3.05, 3.63) is 16.5 Å². The molecule has 0 bridgehead atoms. The van der Waals surface area contributed by atoms with Crippen LogP contribution in [0.15, 0.2) is 20.0 Å². The maximum Gasteiger partial charge on any atom is 0.289 e. The van der Waals surface area contributed by atoms with E-state index in [-0.39, 0.29) is 21.2 Å². The van der Waals surface area contributed by atoms with Crippen LogP contribution in [0.1, 0.15) is 29.8 Å². The van der Waals surface area contributed by atoms with E-state index in [1.165, 1.54) is 0 Å². The van der Waals surface area contributed by atoms with Gasteiger partial charge in [-0.2, -0.15) is 0 Å². The van der Waals surface area contributed by atoms with Gasteiger partial charge in [0.15, 0.2) is 10.4 Å². The van der Waals surface area contributed by atoms with Crippen LogP contribution in [-0.4, -0.2) is 32.3 Å². The van der Waals surface area contributed by atoms with Gasteiger partial charge in [0.1, 0.15) is 4.90 Å². The minimum Gasteiger partial charge on any atom is -0.443 e. The zero-order valence-electron chi connectivity index (χ0n) is 9.36. The van der Waals surface area contributed by atoms with Crippen molar-refractivity contribution in [3.8, 4) is 0 Å². The molecule has 0 spiro atoms. The molecule has 1 aliphatic rings. The van der Waals surface area contributed by atoms with E-state index in [4.69, 9.17) is 15.1 Å². The molecule has 0 aromatic carbocycles.